The van der Waals surface area contributed by atoms with Gasteiger partial charge in [-0.15, -0.1) is 0 Å². The average Bonchev–Trinajstić information content (AvgIpc) is 2.34. The van der Waals surface area contributed by atoms with Crippen LogP contribution >= 0.6 is 0 Å². The average molecular weight is 249 g/mol. The highest BCUT2D eigenvalue weighted by atomic mass is 19.1. The van der Waals surface area contributed by atoms with E-state index in [2.05, 4.69) is 11.8 Å². The van der Waals surface area contributed by atoms with Gasteiger partial charge in [0.1, 0.15) is 5.82 Å². The van der Waals surface area contributed by atoms with Crippen LogP contribution in [0.15, 0.2) is 18.2 Å². The van der Waals surface area contributed by atoms with E-state index in [1.54, 1.807) is 0 Å². The molecule has 2 rings (SSSR count). The van der Waals surface area contributed by atoms with Crippen LogP contribution in [0.5, 0.6) is 0 Å². The highest BCUT2D eigenvalue weighted by Crippen LogP contribution is 2.24. The third kappa shape index (κ3) is 3.11. The highest BCUT2D eigenvalue weighted by Gasteiger charge is 2.18. The molecule has 100 valence electrons. The third-order valence-electron chi connectivity index (χ3n) is 4.00. The summed E-state index contributed by atoms with van der Waals surface area (Å²) in [5.41, 5.74) is 1.70. The molecule has 1 fully saturated rings. The maximum Gasteiger partial charge on any atom is 0.131 e. The van der Waals surface area contributed by atoms with Gasteiger partial charge in [0.25, 0.3) is 0 Å². The molecule has 0 radical (unpaired) electrons. The lowest BCUT2D eigenvalue weighted by atomic mass is 9.97. The summed E-state index contributed by atoms with van der Waals surface area (Å²) in [6.07, 6.45) is 2.48. The lowest BCUT2D eigenvalue weighted by Gasteiger charge is -2.30. The molecule has 0 spiro atoms. The first-order valence-electron chi connectivity index (χ1n) is 7.07. The van der Waals surface area contributed by atoms with Gasteiger partial charge in [0.05, 0.1) is 0 Å². The second-order valence-corrected chi connectivity index (χ2v) is 5.93. The van der Waals surface area contributed by atoms with Crippen LogP contribution in [0, 0.1) is 11.7 Å². The first kappa shape index (κ1) is 13.5. The Balaban J connectivity index is 2.07. The standard InChI is InChI=1S/C16H24FN/c1-12(2)15-6-4-5-14(16(15)17)11-18-9-7-13(3)8-10-18/h4-6,12-13H,7-11H2,1-3H3. The van der Waals surface area contributed by atoms with Gasteiger partial charge in [-0.3, -0.25) is 4.90 Å². The molecule has 1 aliphatic rings. The van der Waals surface area contributed by atoms with E-state index in [1.807, 2.05) is 32.0 Å². The maximum atomic E-state index is 14.3. The second-order valence-electron chi connectivity index (χ2n) is 5.93. The van der Waals surface area contributed by atoms with Crippen LogP contribution in [0.1, 0.15) is 50.7 Å². The Hall–Kier alpha value is -0.890. The minimum atomic E-state index is 0.00567. The van der Waals surface area contributed by atoms with E-state index in [0.717, 1.165) is 36.7 Å². The minimum Gasteiger partial charge on any atom is -0.299 e. The fourth-order valence-electron chi connectivity index (χ4n) is 2.63. The summed E-state index contributed by atoms with van der Waals surface area (Å²) in [5, 5.41) is 0. The second kappa shape index (κ2) is 5.83. The number of likely N-dealkylation sites (tertiary alicyclic amines) is 1. The molecule has 0 N–H and O–H groups in total. The third-order valence-corrected chi connectivity index (χ3v) is 4.00. The van der Waals surface area contributed by atoms with Gasteiger partial charge in [0.15, 0.2) is 0 Å². The Kier molecular flexibility index (Phi) is 4.39. The molecule has 1 heterocycles. The highest BCUT2D eigenvalue weighted by molar-refractivity contribution is 5.28. The van der Waals surface area contributed by atoms with Crippen molar-refractivity contribution in [2.24, 2.45) is 5.92 Å². The first-order chi connectivity index (χ1) is 8.58. The fraction of sp³-hybridized carbons (Fsp3) is 0.625. The Morgan fingerprint density at radius 2 is 1.94 bits per heavy atom. The number of piperidine rings is 1. The Labute approximate surface area is 110 Å². The quantitative estimate of drug-likeness (QED) is 0.776. The predicted octanol–water partition coefficient (Wildman–Crippen LogP) is 4.18. The van der Waals surface area contributed by atoms with Crippen molar-refractivity contribution >= 4 is 0 Å². The summed E-state index contributed by atoms with van der Waals surface area (Å²) in [7, 11) is 0. The monoisotopic (exact) mass is 249 g/mol. The summed E-state index contributed by atoms with van der Waals surface area (Å²) < 4.78 is 14.3. The van der Waals surface area contributed by atoms with Crippen molar-refractivity contribution in [3.05, 3.63) is 35.1 Å². The van der Waals surface area contributed by atoms with Crippen molar-refractivity contribution in [2.45, 2.75) is 46.1 Å². The zero-order valence-corrected chi connectivity index (χ0v) is 11.7. The largest absolute Gasteiger partial charge is 0.299 e. The summed E-state index contributed by atoms with van der Waals surface area (Å²) in [6, 6.07) is 5.82. The first-order valence-corrected chi connectivity index (χ1v) is 7.07. The molecule has 18 heavy (non-hydrogen) atoms. The van der Waals surface area contributed by atoms with Crippen molar-refractivity contribution in [1.29, 1.82) is 0 Å². The molecule has 0 saturated carbocycles. The number of halogens is 1. The summed E-state index contributed by atoms with van der Waals surface area (Å²) >= 11 is 0. The molecule has 0 aliphatic carbocycles. The van der Waals surface area contributed by atoms with E-state index in [1.165, 1.54) is 12.8 Å². The zero-order chi connectivity index (χ0) is 13.1. The number of hydrogen-bond donors (Lipinski definition) is 0. The summed E-state index contributed by atoms with van der Waals surface area (Å²) in [6.45, 7) is 9.37. The fourth-order valence-corrected chi connectivity index (χ4v) is 2.63. The minimum absolute atomic E-state index is 0.00567. The van der Waals surface area contributed by atoms with E-state index >= 15 is 0 Å². The van der Waals surface area contributed by atoms with Crippen LogP contribution in [0.3, 0.4) is 0 Å². The SMILES string of the molecule is CC1CCN(Cc2cccc(C(C)C)c2F)CC1. The van der Waals surface area contributed by atoms with Crippen molar-refractivity contribution in [3.8, 4) is 0 Å². The molecule has 0 amide bonds. The van der Waals surface area contributed by atoms with Gasteiger partial charge in [0, 0.05) is 12.1 Å². The molecule has 0 atom stereocenters. The lowest BCUT2D eigenvalue weighted by molar-refractivity contribution is 0.183. The molecule has 1 aliphatic heterocycles. The van der Waals surface area contributed by atoms with E-state index in [4.69, 9.17) is 0 Å². The number of nitrogens with zero attached hydrogens (tertiary/aromatic N) is 1. The number of hydrogen-bond acceptors (Lipinski definition) is 1. The number of rotatable bonds is 3. The molecular formula is C16H24FN. The zero-order valence-electron chi connectivity index (χ0n) is 11.7. The predicted molar refractivity (Wildman–Crippen MR) is 74.2 cm³/mol. The molecule has 0 bridgehead atoms. The number of benzene rings is 1. The van der Waals surface area contributed by atoms with Gasteiger partial charge < -0.3 is 0 Å². The van der Waals surface area contributed by atoms with Gasteiger partial charge in [-0.05, 0) is 43.3 Å². The topological polar surface area (TPSA) is 3.24 Å². The Bertz CT molecular complexity index is 392. The van der Waals surface area contributed by atoms with Crippen LogP contribution in [-0.2, 0) is 6.54 Å². The molecular weight excluding hydrogens is 225 g/mol. The molecule has 0 aromatic heterocycles. The van der Waals surface area contributed by atoms with Gasteiger partial charge in [-0.25, -0.2) is 4.39 Å². The van der Waals surface area contributed by atoms with Crippen LogP contribution in [0.25, 0.3) is 0 Å². The Morgan fingerprint density at radius 1 is 1.28 bits per heavy atom. The smallest absolute Gasteiger partial charge is 0.131 e. The van der Waals surface area contributed by atoms with Crippen LogP contribution in [0.4, 0.5) is 4.39 Å². The van der Waals surface area contributed by atoms with E-state index < -0.39 is 0 Å². The van der Waals surface area contributed by atoms with Gasteiger partial charge in [-0.2, -0.15) is 0 Å². The molecule has 1 aromatic carbocycles. The van der Waals surface area contributed by atoms with E-state index in [-0.39, 0.29) is 11.7 Å². The van der Waals surface area contributed by atoms with E-state index in [9.17, 15) is 4.39 Å². The lowest BCUT2D eigenvalue weighted by Crippen LogP contribution is -2.32. The molecule has 1 aromatic rings. The van der Waals surface area contributed by atoms with Gasteiger partial charge in [-0.1, -0.05) is 39.0 Å². The molecule has 1 nitrogen and oxygen atoms in total. The van der Waals surface area contributed by atoms with Crippen LogP contribution in [0.2, 0.25) is 0 Å². The van der Waals surface area contributed by atoms with Crippen molar-refractivity contribution in [2.75, 3.05) is 13.1 Å². The van der Waals surface area contributed by atoms with E-state index in [0.29, 0.717) is 0 Å². The molecule has 1 saturated heterocycles. The summed E-state index contributed by atoms with van der Waals surface area (Å²) in [5.74, 6) is 1.09. The van der Waals surface area contributed by atoms with Gasteiger partial charge >= 0.3 is 0 Å². The van der Waals surface area contributed by atoms with Crippen molar-refractivity contribution in [3.63, 3.8) is 0 Å². The van der Waals surface area contributed by atoms with Gasteiger partial charge in [0.2, 0.25) is 0 Å². The molecule has 0 unspecified atom stereocenters. The van der Waals surface area contributed by atoms with Crippen LogP contribution in [-0.4, -0.2) is 18.0 Å². The normalized spacial score (nSPS) is 18.5. The molecule has 2 heteroatoms. The maximum absolute atomic E-state index is 14.3. The van der Waals surface area contributed by atoms with Crippen molar-refractivity contribution < 1.29 is 4.39 Å². The van der Waals surface area contributed by atoms with Crippen molar-refractivity contribution in [1.82, 2.24) is 4.90 Å². The Morgan fingerprint density at radius 3 is 2.56 bits per heavy atom. The summed E-state index contributed by atoms with van der Waals surface area (Å²) in [4.78, 5) is 2.38. The van der Waals surface area contributed by atoms with Crippen LogP contribution < -0.4 is 0 Å².